The van der Waals surface area contributed by atoms with Gasteiger partial charge < -0.3 is 15.1 Å². The van der Waals surface area contributed by atoms with Gasteiger partial charge >= 0.3 is 11.5 Å². The zero-order valence-corrected chi connectivity index (χ0v) is 48.1. The number of nitrogens with zero attached hydrogens (tertiary/aromatic N) is 6. The van der Waals surface area contributed by atoms with E-state index in [2.05, 4.69) is 56.3 Å². The van der Waals surface area contributed by atoms with Crippen molar-refractivity contribution in [2.24, 2.45) is 5.41 Å². The number of pyridine rings is 1. The fourth-order valence-corrected chi connectivity index (χ4v) is 13.7. The maximum absolute atomic E-state index is 15.3. The van der Waals surface area contributed by atoms with Crippen LogP contribution >= 0.6 is 23.4 Å². The number of alkyl halides is 3. The molecular formula is C57H64ClF4N9O7S3. The first-order valence-electron chi connectivity index (χ1n) is 26.7. The third kappa shape index (κ3) is 15.0. The number of piperazine rings is 2. The number of hydrogen-bond donors (Lipinski definition) is 3. The van der Waals surface area contributed by atoms with Crippen LogP contribution in [0.5, 0.6) is 0 Å². The number of benzene rings is 4. The number of carbonyl (C=O) groups excluding carboxylic acids is 3. The second kappa shape index (κ2) is 25.2. The molecule has 4 aromatic carbocycles. The first kappa shape index (κ1) is 59.5. The van der Waals surface area contributed by atoms with Crippen LogP contribution in [0.1, 0.15) is 67.4 Å². The summed E-state index contributed by atoms with van der Waals surface area (Å²) in [5, 5.41) is 5.89. The van der Waals surface area contributed by atoms with Crippen molar-refractivity contribution in [3.05, 3.63) is 142 Å². The fraction of sp³-hybridized carbons (Fsp3) is 0.404. The first-order chi connectivity index (χ1) is 38.5. The van der Waals surface area contributed by atoms with Crippen LogP contribution < -0.4 is 25.2 Å². The van der Waals surface area contributed by atoms with E-state index >= 15 is 4.39 Å². The number of carbonyl (C=O) groups is 3. The molecule has 0 unspecified atom stereocenters. The van der Waals surface area contributed by atoms with Crippen LogP contribution in [0.2, 0.25) is 5.02 Å². The number of nitrogens with one attached hydrogen (secondary N) is 3. The molecule has 9 rings (SSSR count). The van der Waals surface area contributed by atoms with Gasteiger partial charge in [-0.2, -0.15) is 13.2 Å². The molecule has 5 aromatic rings. The van der Waals surface area contributed by atoms with E-state index in [1.54, 1.807) is 12.1 Å². The van der Waals surface area contributed by atoms with Gasteiger partial charge in [0.25, 0.3) is 25.8 Å². The number of hydrogen-bond acceptors (Lipinski definition) is 14. The molecule has 3 aliphatic heterocycles. The van der Waals surface area contributed by atoms with E-state index in [-0.39, 0.29) is 42.1 Å². The molecule has 4 amide bonds. The molecule has 0 bridgehead atoms. The summed E-state index contributed by atoms with van der Waals surface area (Å²) in [5.41, 5.74) is -0.965. The summed E-state index contributed by atoms with van der Waals surface area (Å²) < 4.78 is 115. The molecule has 16 nitrogen and oxygen atoms in total. The van der Waals surface area contributed by atoms with Crippen LogP contribution in [0.3, 0.4) is 0 Å². The van der Waals surface area contributed by atoms with Gasteiger partial charge in [-0.1, -0.05) is 61.4 Å². The van der Waals surface area contributed by atoms with Gasteiger partial charge in [-0.25, -0.2) is 35.7 Å². The smallest absolute Gasteiger partial charge is 0.380 e. The predicted molar refractivity (Wildman–Crippen MR) is 306 cm³/mol. The Morgan fingerprint density at radius 2 is 1.48 bits per heavy atom. The number of urea groups is 1. The van der Waals surface area contributed by atoms with Crippen LogP contribution in [-0.4, -0.2) is 144 Å². The molecule has 0 radical (unpaired) electrons. The zero-order valence-electron chi connectivity index (χ0n) is 44.9. The van der Waals surface area contributed by atoms with Gasteiger partial charge in [-0.05, 0) is 109 Å². The highest BCUT2D eigenvalue weighted by molar-refractivity contribution is 7.99. The standard InChI is InChI=1S/C57H64ClF4N9O7S3/c1-56(2)21-18-48(39-8-12-43(58)13-9-39)41(34-56)36-69-28-30-70(31-29-69)45-14-10-40(11-15-45)54(73)66-81(77,78)47-16-17-50(51(32-47)80(75,76)57(60,61)62)64-44(38-79-46-6-4-3-5-7-46)19-22-67-24-26-68(27-25-67)37-42-35-63-52(33-49(42)59)71-23-20-53(72)65-55(71)74/h3-17,32-33,35,44,64H,18-31,34,36-38H2,1-2H3,(H,66,73)(H,65,72,74)/t44-/m1/s1. The van der Waals surface area contributed by atoms with E-state index in [0.29, 0.717) is 68.9 Å². The van der Waals surface area contributed by atoms with Gasteiger partial charge in [0.2, 0.25) is 5.91 Å². The molecule has 81 heavy (non-hydrogen) atoms. The van der Waals surface area contributed by atoms with Crippen LogP contribution in [-0.2, 0) is 31.2 Å². The number of aromatic nitrogens is 1. The largest absolute Gasteiger partial charge is 0.501 e. The molecule has 4 aliphatic rings. The molecule has 24 heteroatoms. The normalized spacial score (nSPS) is 18.4. The number of imide groups is 1. The highest BCUT2D eigenvalue weighted by Crippen LogP contribution is 2.43. The number of anilines is 3. The molecule has 432 valence electrons. The summed E-state index contributed by atoms with van der Waals surface area (Å²) >= 11 is 7.60. The monoisotopic (exact) mass is 1190 g/mol. The van der Waals surface area contributed by atoms with E-state index in [9.17, 15) is 44.4 Å². The SMILES string of the molecule is CC1(C)CCC(c2ccc(Cl)cc2)=C(CN2CCN(c3ccc(C(=O)NS(=O)(=O)c4ccc(N[C@H](CCN5CCN(Cc6cnc(N7CCC(=O)NC7=O)cc6F)CC5)CSc5ccccc5)c(S(=O)(=O)C(F)(F)F)c4)cc3)CC2)C1. The summed E-state index contributed by atoms with van der Waals surface area (Å²) in [6.45, 7) is 11.4. The summed E-state index contributed by atoms with van der Waals surface area (Å²) in [6, 6.07) is 25.8. The van der Waals surface area contributed by atoms with Crippen molar-refractivity contribution in [2.75, 3.05) is 92.9 Å². The molecule has 1 aliphatic carbocycles. The molecule has 0 saturated carbocycles. The molecule has 3 saturated heterocycles. The Hall–Kier alpha value is -6.08. The van der Waals surface area contributed by atoms with E-state index in [4.69, 9.17) is 11.6 Å². The van der Waals surface area contributed by atoms with E-state index in [1.807, 2.05) is 52.1 Å². The van der Waals surface area contributed by atoms with Crippen molar-refractivity contribution in [1.82, 2.24) is 29.7 Å². The molecule has 3 N–H and O–H groups in total. The van der Waals surface area contributed by atoms with Crippen molar-refractivity contribution >= 4 is 83.8 Å². The summed E-state index contributed by atoms with van der Waals surface area (Å²) in [7, 11) is -11.1. The van der Waals surface area contributed by atoms with Crippen molar-refractivity contribution < 1.29 is 48.8 Å². The molecule has 0 spiro atoms. The van der Waals surface area contributed by atoms with Crippen molar-refractivity contribution in [3.8, 4) is 0 Å². The summed E-state index contributed by atoms with van der Waals surface area (Å²) in [4.78, 5) is 50.3. The molecule has 1 atom stereocenters. The minimum absolute atomic E-state index is 0.0350. The van der Waals surface area contributed by atoms with Crippen molar-refractivity contribution in [1.29, 1.82) is 0 Å². The quantitative estimate of drug-likeness (QED) is 0.0525. The molecular weight excluding hydrogens is 1130 g/mol. The third-order valence-corrected chi connectivity index (χ3v) is 19.5. The lowest BCUT2D eigenvalue weighted by Crippen LogP contribution is -2.50. The maximum Gasteiger partial charge on any atom is 0.501 e. The fourth-order valence-electron chi connectivity index (χ4n) is 10.6. The van der Waals surface area contributed by atoms with Crippen LogP contribution in [0.15, 0.2) is 130 Å². The van der Waals surface area contributed by atoms with Gasteiger partial charge in [0.1, 0.15) is 16.5 Å². The van der Waals surface area contributed by atoms with Gasteiger partial charge in [-0.15, -0.1) is 11.8 Å². The van der Waals surface area contributed by atoms with E-state index in [0.717, 1.165) is 67.7 Å². The lowest BCUT2D eigenvalue weighted by molar-refractivity contribution is -0.120. The minimum Gasteiger partial charge on any atom is -0.380 e. The van der Waals surface area contributed by atoms with Crippen LogP contribution in [0.4, 0.5) is 39.5 Å². The lowest BCUT2D eigenvalue weighted by Gasteiger charge is -2.39. The van der Waals surface area contributed by atoms with Crippen LogP contribution in [0, 0.1) is 11.2 Å². The second-order valence-electron chi connectivity index (χ2n) is 21.5. The second-order valence-corrected chi connectivity index (χ2v) is 26.7. The number of allylic oxidation sites excluding steroid dienone is 1. The van der Waals surface area contributed by atoms with Gasteiger partial charge in [0.05, 0.1) is 10.6 Å². The zero-order chi connectivity index (χ0) is 57.7. The average Bonchev–Trinajstić information content (AvgIpc) is 3.43. The first-order valence-corrected chi connectivity index (χ1v) is 31.0. The number of sulfonamides is 1. The van der Waals surface area contributed by atoms with E-state index in [1.165, 1.54) is 51.7 Å². The Balaban J connectivity index is 0.830. The topological polar surface area (TPSA) is 185 Å². The summed E-state index contributed by atoms with van der Waals surface area (Å²) in [6.07, 6.45) is 4.86. The lowest BCUT2D eigenvalue weighted by atomic mass is 9.73. The van der Waals surface area contributed by atoms with Crippen molar-refractivity contribution in [3.63, 3.8) is 0 Å². The van der Waals surface area contributed by atoms with Crippen LogP contribution in [0.25, 0.3) is 5.57 Å². The Labute approximate surface area is 479 Å². The number of thioether (sulfide) groups is 1. The maximum atomic E-state index is 15.3. The average molecular weight is 1190 g/mol. The van der Waals surface area contributed by atoms with Crippen molar-refractivity contribution in [2.45, 2.75) is 78.7 Å². The molecule has 1 aromatic heterocycles. The number of amides is 4. The Bertz CT molecular complexity index is 3360. The highest BCUT2D eigenvalue weighted by atomic mass is 35.5. The number of sulfone groups is 1. The van der Waals surface area contributed by atoms with Gasteiger partial charge in [0, 0.05) is 136 Å². The summed E-state index contributed by atoms with van der Waals surface area (Å²) in [5.74, 6) is -1.67. The third-order valence-electron chi connectivity index (χ3n) is 15.2. The highest BCUT2D eigenvalue weighted by Gasteiger charge is 2.48. The Kier molecular flexibility index (Phi) is 18.5. The minimum atomic E-state index is -6.15. The van der Waals surface area contributed by atoms with Gasteiger partial charge in [0.15, 0.2) is 0 Å². The molecule has 4 heterocycles. The number of rotatable bonds is 19. The molecule has 3 fully saturated rings. The predicted octanol–water partition coefficient (Wildman–Crippen LogP) is 9.30. The Morgan fingerprint density at radius 3 is 2.15 bits per heavy atom. The Morgan fingerprint density at radius 1 is 0.815 bits per heavy atom. The van der Waals surface area contributed by atoms with Gasteiger partial charge in [-0.3, -0.25) is 29.6 Å². The van der Waals surface area contributed by atoms with E-state index < -0.39 is 70.6 Å². The number of halogens is 5.